The zero-order chi connectivity index (χ0) is 26.7. The number of alkyl carbamates (subject to hydrolysis) is 1. The predicted molar refractivity (Wildman–Crippen MR) is 138 cm³/mol. The Morgan fingerprint density at radius 1 is 1.14 bits per heavy atom. The third-order valence-corrected chi connectivity index (χ3v) is 5.90. The van der Waals surface area contributed by atoms with E-state index in [2.05, 4.69) is 17.2 Å². The van der Waals surface area contributed by atoms with Gasteiger partial charge < -0.3 is 26.0 Å². The van der Waals surface area contributed by atoms with E-state index in [4.69, 9.17) is 10.5 Å². The second-order valence-corrected chi connectivity index (χ2v) is 10.1. The summed E-state index contributed by atoms with van der Waals surface area (Å²) in [7, 11) is 0. The van der Waals surface area contributed by atoms with E-state index in [-0.39, 0.29) is 31.3 Å². The van der Waals surface area contributed by atoms with Crippen LogP contribution in [0, 0.1) is 0 Å². The largest absolute Gasteiger partial charge is 0.444 e. The molecule has 1 aliphatic carbocycles. The van der Waals surface area contributed by atoms with Gasteiger partial charge in [-0.3, -0.25) is 14.4 Å². The molecule has 2 atom stereocenters. The number of nitrogens with one attached hydrogen (secondary N) is 2. The van der Waals surface area contributed by atoms with Crippen LogP contribution in [0.25, 0.3) is 0 Å². The minimum Gasteiger partial charge on any atom is -0.444 e. The Kier molecular flexibility index (Phi) is 11.0. The second-order valence-electron chi connectivity index (χ2n) is 10.1. The van der Waals surface area contributed by atoms with Gasteiger partial charge in [0.2, 0.25) is 17.7 Å². The first kappa shape index (κ1) is 28.9. The van der Waals surface area contributed by atoms with Crippen molar-refractivity contribution in [3.05, 3.63) is 48.6 Å². The van der Waals surface area contributed by atoms with Crippen LogP contribution in [-0.4, -0.2) is 52.9 Å². The molecule has 0 aromatic heterocycles. The van der Waals surface area contributed by atoms with E-state index in [0.717, 1.165) is 32.1 Å². The molecular weight excluding hydrogens is 460 g/mol. The lowest BCUT2D eigenvalue weighted by Crippen LogP contribution is -2.54. The van der Waals surface area contributed by atoms with Crippen LogP contribution in [0.15, 0.2) is 43.0 Å². The number of hydrogen-bond donors (Lipinski definition) is 3. The van der Waals surface area contributed by atoms with Gasteiger partial charge in [-0.15, -0.1) is 6.58 Å². The van der Waals surface area contributed by atoms with Crippen LogP contribution in [0.1, 0.15) is 77.3 Å². The van der Waals surface area contributed by atoms with Crippen molar-refractivity contribution in [2.75, 3.05) is 6.54 Å². The molecule has 0 saturated heterocycles. The number of ether oxygens (including phenoxy) is 1. The van der Waals surface area contributed by atoms with Crippen LogP contribution in [0.5, 0.6) is 0 Å². The summed E-state index contributed by atoms with van der Waals surface area (Å²) in [4.78, 5) is 52.8. The molecule has 1 fully saturated rings. The third-order valence-electron chi connectivity index (χ3n) is 5.90. The average Bonchev–Trinajstić information content (AvgIpc) is 2.81. The number of hydrogen-bond acceptors (Lipinski definition) is 5. The van der Waals surface area contributed by atoms with E-state index < -0.39 is 35.6 Å². The van der Waals surface area contributed by atoms with Crippen molar-refractivity contribution in [2.45, 2.75) is 89.4 Å². The van der Waals surface area contributed by atoms with Crippen molar-refractivity contribution in [1.29, 1.82) is 0 Å². The maximum Gasteiger partial charge on any atom is 0.408 e. The summed E-state index contributed by atoms with van der Waals surface area (Å²) >= 11 is 0. The molecule has 9 nitrogen and oxygen atoms in total. The maximum absolute atomic E-state index is 13.8. The van der Waals surface area contributed by atoms with E-state index in [1.165, 1.54) is 11.0 Å². The number of nitrogens with zero attached hydrogens (tertiary/aromatic N) is 1. The smallest absolute Gasteiger partial charge is 0.408 e. The van der Waals surface area contributed by atoms with Gasteiger partial charge in [0, 0.05) is 19.0 Å². The summed E-state index contributed by atoms with van der Waals surface area (Å²) < 4.78 is 5.32. The van der Waals surface area contributed by atoms with Crippen molar-refractivity contribution in [3.63, 3.8) is 0 Å². The molecular formula is C27H40N4O5. The predicted octanol–water partition coefficient (Wildman–Crippen LogP) is 3.35. The lowest BCUT2D eigenvalue weighted by Gasteiger charge is -2.35. The minimum atomic E-state index is -1.12. The Balaban J connectivity index is 2.38. The van der Waals surface area contributed by atoms with Crippen molar-refractivity contribution < 1.29 is 23.9 Å². The van der Waals surface area contributed by atoms with Crippen LogP contribution in [-0.2, 0) is 19.1 Å². The Morgan fingerprint density at radius 3 is 2.33 bits per heavy atom. The highest BCUT2D eigenvalue weighted by molar-refractivity contribution is 5.92. The summed E-state index contributed by atoms with van der Waals surface area (Å²) in [5.41, 5.74) is 5.17. The van der Waals surface area contributed by atoms with E-state index >= 15 is 0 Å². The molecule has 2 unspecified atom stereocenters. The van der Waals surface area contributed by atoms with E-state index in [0.29, 0.717) is 5.56 Å². The van der Waals surface area contributed by atoms with Crippen molar-refractivity contribution >= 4 is 23.8 Å². The van der Waals surface area contributed by atoms with Crippen LogP contribution < -0.4 is 16.4 Å². The van der Waals surface area contributed by atoms with Crippen molar-refractivity contribution in [2.24, 2.45) is 5.73 Å². The summed E-state index contributed by atoms with van der Waals surface area (Å²) in [5.74, 6) is -1.44. The number of carbonyl (C=O) groups excluding carboxylic acids is 4. The highest BCUT2D eigenvalue weighted by Gasteiger charge is 2.36. The Hall–Kier alpha value is -3.36. The van der Waals surface area contributed by atoms with E-state index in [1.54, 1.807) is 45.0 Å². The monoisotopic (exact) mass is 500 g/mol. The van der Waals surface area contributed by atoms with Crippen molar-refractivity contribution in [1.82, 2.24) is 15.5 Å². The average molecular weight is 501 g/mol. The third kappa shape index (κ3) is 9.36. The Bertz CT molecular complexity index is 906. The molecule has 0 radical (unpaired) electrons. The molecule has 1 saturated carbocycles. The van der Waals surface area contributed by atoms with Crippen LogP contribution in [0.4, 0.5) is 4.79 Å². The number of rotatable bonds is 11. The topological polar surface area (TPSA) is 131 Å². The lowest BCUT2D eigenvalue weighted by molar-refractivity contribution is -0.142. The zero-order valence-electron chi connectivity index (χ0n) is 21.6. The zero-order valence-corrected chi connectivity index (χ0v) is 21.6. The normalized spacial score (nSPS) is 15.8. The van der Waals surface area contributed by atoms with E-state index in [9.17, 15) is 19.2 Å². The molecule has 4 amide bonds. The quantitative estimate of drug-likeness (QED) is 0.401. The molecule has 1 aromatic carbocycles. The van der Waals surface area contributed by atoms with Crippen LogP contribution in [0.3, 0.4) is 0 Å². The fraction of sp³-hybridized carbons (Fsp3) is 0.556. The molecule has 4 N–H and O–H groups in total. The van der Waals surface area contributed by atoms with Gasteiger partial charge in [0.25, 0.3) is 0 Å². The van der Waals surface area contributed by atoms with Gasteiger partial charge in [0.1, 0.15) is 17.7 Å². The first-order valence-electron chi connectivity index (χ1n) is 12.6. The first-order chi connectivity index (χ1) is 17.0. The second kappa shape index (κ2) is 13.7. The van der Waals surface area contributed by atoms with Crippen LogP contribution in [0.2, 0.25) is 0 Å². The van der Waals surface area contributed by atoms with Gasteiger partial charge in [0.05, 0.1) is 0 Å². The fourth-order valence-corrected chi connectivity index (χ4v) is 4.29. The fourth-order valence-electron chi connectivity index (χ4n) is 4.29. The number of nitrogens with two attached hydrogens (primary N) is 1. The SMILES string of the molecule is C=CCN(C(=O)C(CCC(N)=O)NC(=O)OC(C)(C)C)C(C(=O)NC1CCCCC1)c1ccccc1. The Labute approximate surface area is 213 Å². The standard InChI is InChI=1S/C27H40N4O5/c1-5-18-31(25(34)21(16-17-22(28)32)30-26(35)36-27(2,3)4)23(19-12-8-6-9-13-19)24(33)29-20-14-10-7-11-15-20/h5-6,8-9,12-13,20-21,23H,1,7,10-11,14-18H2,2-4H3,(H2,28,32)(H,29,33)(H,30,35). The molecule has 9 heteroatoms. The van der Waals surface area contributed by atoms with Gasteiger partial charge in [-0.25, -0.2) is 4.79 Å². The molecule has 1 aliphatic rings. The summed E-state index contributed by atoms with van der Waals surface area (Å²) in [5, 5.41) is 5.69. The molecule has 0 aliphatic heterocycles. The van der Waals surface area contributed by atoms with Gasteiger partial charge in [-0.2, -0.15) is 0 Å². The molecule has 0 heterocycles. The highest BCUT2D eigenvalue weighted by atomic mass is 16.6. The number of benzene rings is 1. The molecule has 36 heavy (non-hydrogen) atoms. The summed E-state index contributed by atoms with van der Waals surface area (Å²) in [6.45, 7) is 8.94. The lowest BCUT2D eigenvalue weighted by atomic mass is 9.94. The number of primary amides is 1. The van der Waals surface area contributed by atoms with E-state index in [1.807, 2.05) is 6.07 Å². The van der Waals surface area contributed by atoms with Gasteiger partial charge >= 0.3 is 6.09 Å². The minimum absolute atomic E-state index is 0.0349. The number of carbonyl (C=O) groups is 4. The molecule has 2 rings (SSSR count). The van der Waals surface area contributed by atoms with Crippen molar-refractivity contribution in [3.8, 4) is 0 Å². The summed E-state index contributed by atoms with van der Waals surface area (Å²) in [6, 6.07) is 6.98. The molecule has 0 bridgehead atoms. The molecule has 0 spiro atoms. The number of amides is 4. The summed E-state index contributed by atoms with van der Waals surface area (Å²) in [6.07, 6.45) is 5.59. The Morgan fingerprint density at radius 2 is 1.78 bits per heavy atom. The van der Waals surface area contributed by atoms with Gasteiger partial charge in [0.15, 0.2) is 0 Å². The van der Waals surface area contributed by atoms with Gasteiger partial charge in [-0.1, -0.05) is 55.7 Å². The van der Waals surface area contributed by atoms with Gasteiger partial charge in [-0.05, 0) is 45.6 Å². The molecule has 1 aromatic rings. The maximum atomic E-state index is 13.8. The van der Waals surface area contributed by atoms with Crippen LogP contribution >= 0.6 is 0 Å². The molecule has 198 valence electrons. The highest BCUT2D eigenvalue weighted by Crippen LogP contribution is 2.25. The first-order valence-corrected chi connectivity index (χ1v) is 12.6.